The molecule has 0 saturated heterocycles. The summed E-state index contributed by atoms with van der Waals surface area (Å²) in [5, 5.41) is 9.74. The van der Waals surface area contributed by atoms with E-state index in [0.29, 0.717) is 22.6 Å². The van der Waals surface area contributed by atoms with Crippen molar-refractivity contribution in [2.45, 2.75) is 10.9 Å². The maximum atomic E-state index is 13.0. The minimum atomic E-state index is -0.278. The predicted molar refractivity (Wildman–Crippen MR) is 91.2 cm³/mol. The summed E-state index contributed by atoms with van der Waals surface area (Å²) in [6, 6.07) is 10.1. The number of rotatable bonds is 5. The molecule has 0 unspecified atom stereocenters. The highest BCUT2D eigenvalue weighted by molar-refractivity contribution is 7.98. The number of thiophene rings is 1. The normalized spacial score (nSPS) is 11.0. The topological polar surface area (TPSA) is 67.6 Å². The second-order valence-electron chi connectivity index (χ2n) is 4.86. The molecule has 4 aromatic rings. The quantitative estimate of drug-likeness (QED) is 0.527. The number of oxazole rings is 1. The molecule has 0 aliphatic carbocycles. The van der Waals surface area contributed by atoms with Crippen LogP contribution in [0.5, 0.6) is 0 Å². The molecule has 1 N–H and O–H groups in total. The fourth-order valence-electron chi connectivity index (χ4n) is 2.09. The van der Waals surface area contributed by atoms with E-state index in [1.807, 2.05) is 17.5 Å². The Balaban J connectivity index is 1.42. The Hall–Kier alpha value is -2.45. The van der Waals surface area contributed by atoms with E-state index in [9.17, 15) is 4.39 Å². The van der Waals surface area contributed by atoms with Crippen molar-refractivity contribution < 1.29 is 8.81 Å². The third kappa shape index (κ3) is 3.24. The van der Waals surface area contributed by atoms with Gasteiger partial charge in [0, 0.05) is 5.56 Å². The summed E-state index contributed by atoms with van der Waals surface area (Å²) in [5.41, 5.74) is 0.790. The van der Waals surface area contributed by atoms with Crippen molar-refractivity contribution in [2.24, 2.45) is 0 Å². The predicted octanol–water partition coefficient (Wildman–Crippen LogP) is 4.62. The van der Waals surface area contributed by atoms with Crippen LogP contribution in [0.4, 0.5) is 4.39 Å². The van der Waals surface area contributed by atoms with E-state index in [1.54, 1.807) is 29.7 Å². The van der Waals surface area contributed by atoms with Gasteiger partial charge in [0.1, 0.15) is 5.82 Å². The summed E-state index contributed by atoms with van der Waals surface area (Å²) in [7, 11) is 0. The van der Waals surface area contributed by atoms with Gasteiger partial charge in [-0.3, -0.25) is 5.10 Å². The Labute approximate surface area is 145 Å². The van der Waals surface area contributed by atoms with Gasteiger partial charge in [-0.1, -0.05) is 17.8 Å². The van der Waals surface area contributed by atoms with Crippen LogP contribution in [0.3, 0.4) is 0 Å². The van der Waals surface area contributed by atoms with Gasteiger partial charge < -0.3 is 4.42 Å². The highest BCUT2D eigenvalue weighted by atomic mass is 32.2. The van der Waals surface area contributed by atoms with Crippen LogP contribution >= 0.6 is 23.1 Å². The van der Waals surface area contributed by atoms with Crippen LogP contribution in [0.2, 0.25) is 0 Å². The largest absolute Gasteiger partial charge is 0.440 e. The zero-order valence-corrected chi connectivity index (χ0v) is 13.9. The van der Waals surface area contributed by atoms with E-state index in [0.717, 1.165) is 16.3 Å². The summed E-state index contributed by atoms with van der Waals surface area (Å²) in [6.07, 6.45) is 1.64. The first-order chi connectivity index (χ1) is 11.8. The molecule has 3 aromatic heterocycles. The van der Waals surface area contributed by atoms with Gasteiger partial charge in [0.15, 0.2) is 11.6 Å². The van der Waals surface area contributed by atoms with Gasteiger partial charge in [0.2, 0.25) is 11.0 Å². The van der Waals surface area contributed by atoms with Gasteiger partial charge in [0.25, 0.3) is 0 Å². The molecule has 3 heterocycles. The number of hydrogen-bond donors (Lipinski definition) is 1. The standard InChI is InChI=1S/C16H11FN4OS2/c17-11-5-3-10(4-6-11)12-8-18-14(22-12)9-24-16-19-15(20-21-16)13-2-1-7-23-13/h1-8H,9H2,(H,19,20,21). The number of nitrogens with zero attached hydrogens (tertiary/aromatic N) is 3. The summed E-state index contributed by atoms with van der Waals surface area (Å²) in [5.74, 6) is 2.18. The fourth-order valence-corrected chi connectivity index (χ4v) is 3.40. The second kappa shape index (κ2) is 6.58. The van der Waals surface area contributed by atoms with Crippen molar-refractivity contribution >= 4 is 23.1 Å². The molecule has 0 fully saturated rings. The lowest BCUT2D eigenvalue weighted by Gasteiger charge is -1.95. The van der Waals surface area contributed by atoms with Crippen LogP contribution < -0.4 is 0 Å². The third-order valence-corrected chi connectivity index (χ3v) is 4.94. The molecule has 0 saturated carbocycles. The molecular formula is C16H11FN4OS2. The minimum Gasteiger partial charge on any atom is -0.440 e. The maximum Gasteiger partial charge on any atom is 0.209 e. The second-order valence-corrected chi connectivity index (χ2v) is 6.75. The average Bonchev–Trinajstić information content (AvgIpc) is 3.34. The number of halogens is 1. The van der Waals surface area contributed by atoms with Gasteiger partial charge in [0.05, 0.1) is 16.8 Å². The Morgan fingerprint density at radius 1 is 1.21 bits per heavy atom. The van der Waals surface area contributed by atoms with E-state index in [2.05, 4.69) is 20.2 Å². The Morgan fingerprint density at radius 2 is 2.08 bits per heavy atom. The molecule has 0 spiro atoms. The van der Waals surface area contributed by atoms with Gasteiger partial charge in [-0.2, -0.15) is 0 Å². The summed E-state index contributed by atoms with van der Waals surface area (Å²) >= 11 is 3.04. The molecule has 0 bridgehead atoms. The first-order valence-electron chi connectivity index (χ1n) is 7.08. The summed E-state index contributed by atoms with van der Waals surface area (Å²) in [6.45, 7) is 0. The zero-order chi connectivity index (χ0) is 16.4. The number of thioether (sulfide) groups is 1. The van der Waals surface area contributed by atoms with E-state index in [1.165, 1.54) is 23.9 Å². The van der Waals surface area contributed by atoms with E-state index in [-0.39, 0.29) is 5.82 Å². The molecule has 8 heteroatoms. The molecule has 0 radical (unpaired) electrons. The van der Waals surface area contributed by atoms with Crippen LogP contribution in [-0.2, 0) is 5.75 Å². The molecule has 0 aliphatic rings. The lowest BCUT2D eigenvalue weighted by molar-refractivity contribution is 0.529. The Morgan fingerprint density at radius 3 is 2.88 bits per heavy atom. The van der Waals surface area contributed by atoms with Crippen molar-refractivity contribution in [1.29, 1.82) is 0 Å². The lowest BCUT2D eigenvalue weighted by atomic mass is 10.2. The Bertz CT molecular complexity index is 931. The lowest BCUT2D eigenvalue weighted by Crippen LogP contribution is -1.81. The number of aromatic nitrogens is 4. The first-order valence-corrected chi connectivity index (χ1v) is 8.94. The molecule has 0 amide bonds. The molecule has 5 nitrogen and oxygen atoms in total. The van der Waals surface area contributed by atoms with Crippen molar-refractivity contribution in [2.75, 3.05) is 0 Å². The molecule has 24 heavy (non-hydrogen) atoms. The van der Waals surface area contributed by atoms with E-state index < -0.39 is 0 Å². The SMILES string of the molecule is Fc1ccc(-c2cnc(CSc3n[nH]c(-c4cccs4)n3)o2)cc1. The molecule has 4 rings (SSSR count). The monoisotopic (exact) mass is 358 g/mol. The highest BCUT2D eigenvalue weighted by Gasteiger charge is 2.10. The van der Waals surface area contributed by atoms with Crippen LogP contribution in [-0.4, -0.2) is 20.2 Å². The molecular weight excluding hydrogens is 347 g/mol. The maximum absolute atomic E-state index is 13.0. The number of nitrogens with one attached hydrogen (secondary N) is 1. The molecule has 120 valence electrons. The van der Waals surface area contributed by atoms with Gasteiger partial charge in [-0.15, -0.1) is 16.4 Å². The van der Waals surface area contributed by atoms with Crippen LogP contribution in [0, 0.1) is 5.82 Å². The van der Waals surface area contributed by atoms with Gasteiger partial charge in [-0.25, -0.2) is 14.4 Å². The van der Waals surface area contributed by atoms with Crippen molar-refractivity contribution in [1.82, 2.24) is 20.2 Å². The van der Waals surface area contributed by atoms with Crippen molar-refractivity contribution in [3.63, 3.8) is 0 Å². The van der Waals surface area contributed by atoms with Crippen LogP contribution in [0.1, 0.15) is 5.89 Å². The van der Waals surface area contributed by atoms with E-state index >= 15 is 0 Å². The average molecular weight is 358 g/mol. The minimum absolute atomic E-state index is 0.278. The van der Waals surface area contributed by atoms with Gasteiger partial charge in [-0.05, 0) is 35.7 Å². The fraction of sp³-hybridized carbons (Fsp3) is 0.0625. The number of benzene rings is 1. The summed E-state index contributed by atoms with van der Waals surface area (Å²) in [4.78, 5) is 9.73. The first kappa shape index (κ1) is 15.1. The van der Waals surface area contributed by atoms with Crippen LogP contribution in [0.25, 0.3) is 22.0 Å². The molecule has 0 aliphatic heterocycles. The Kier molecular flexibility index (Phi) is 4.14. The van der Waals surface area contributed by atoms with E-state index in [4.69, 9.17) is 4.42 Å². The number of aromatic amines is 1. The highest BCUT2D eigenvalue weighted by Crippen LogP contribution is 2.26. The smallest absolute Gasteiger partial charge is 0.209 e. The number of H-pyrrole nitrogens is 1. The third-order valence-electron chi connectivity index (χ3n) is 3.23. The van der Waals surface area contributed by atoms with Crippen molar-refractivity contribution in [3.8, 4) is 22.0 Å². The van der Waals surface area contributed by atoms with Gasteiger partial charge >= 0.3 is 0 Å². The summed E-state index contributed by atoms with van der Waals surface area (Å²) < 4.78 is 18.6. The molecule has 0 atom stereocenters. The van der Waals surface area contributed by atoms with Crippen LogP contribution in [0.15, 0.2) is 57.5 Å². The zero-order valence-electron chi connectivity index (χ0n) is 12.3. The molecule has 1 aromatic carbocycles. The van der Waals surface area contributed by atoms with Crippen molar-refractivity contribution in [3.05, 3.63) is 59.7 Å². The number of hydrogen-bond acceptors (Lipinski definition) is 6.